The van der Waals surface area contributed by atoms with E-state index in [0.29, 0.717) is 24.3 Å². The third-order valence-electron chi connectivity index (χ3n) is 6.09. The van der Waals surface area contributed by atoms with Crippen molar-refractivity contribution in [2.45, 2.75) is 19.8 Å². The maximum absolute atomic E-state index is 12.6. The molecule has 36 heavy (non-hydrogen) atoms. The van der Waals surface area contributed by atoms with Crippen LogP contribution in [0.1, 0.15) is 30.1 Å². The minimum absolute atomic E-state index is 0.0104. The maximum atomic E-state index is 12.6. The summed E-state index contributed by atoms with van der Waals surface area (Å²) in [7, 11) is 0. The second-order valence-electron chi connectivity index (χ2n) is 8.69. The van der Waals surface area contributed by atoms with Crippen LogP contribution < -0.4 is 20.9 Å². The predicted molar refractivity (Wildman–Crippen MR) is 138 cm³/mol. The summed E-state index contributed by atoms with van der Waals surface area (Å²) >= 11 is 0. The quantitative estimate of drug-likeness (QED) is 0.422. The van der Waals surface area contributed by atoms with Crippen LogP contribution in [0.25, 0.3) is 11.3 Å². The summed E-state index contributed by atoms with van der Waals surface area (Å²) in [6.07, 6.45) is 3.06. The molecule has 9 heteroatoms. The lowest BCUT2D eigenvalue weighted by molar-refractivity contribution is -0.125. The summed E-state index contributed by atoms with van der Waals surface area (Å²) in [5.74, 6) is 0.423. The minimum atomic E-state index is -0.230. The number of nitrogens with zero attached hydrogens (tertiary/aromatic N) is 3. The molecular weight excluding hydrogens is 456 g/mol. The largest absolute Gasteiger partial charge is 0.356 e. The molecule has 9 nitrogen and oxygen atoms in total. The topological polar surface area (TPSA) is 116 Å². The van der Waals surface area contributed by atoms with Gasteiger partial charge in [0.15, 0.2) is 0 Å². The highest BCUT2D eigenvalue weighted by atomic mass is 16.2. The number of hydrogen-bond acceptors (Lipinski definition) is 6. The van der Waals surface area contributed by atoms with Crippen molar-refractivity contribution in [1.82, 2.24) is 20.6 Å². The van der Waals surface area contributed by atoms with E-state index in [1.165, 1.54) is 6.92 Å². The van der Waals surface area contributed by atoms with E-state index < -0.39 is 0 Å². The average Bonchev–Trinajstić information content (AvgIpc) is 2.91. The molecule has 1 saturated heterocycles. The minimum Gasteiger partial charge on any atom is -0.356 e. The van der Waals surface area contributed by atoms with E-state index in [1.54, 1.807) is 30.6 Å². The van der Waals surface area contributed by atoms with Gasteiger partial charge in [-0.25, -0.2) is 9.97 Å². The predicted octanol–water partition coefficient (Wildman–Crippen LogP) is 2.86. The molecule has 3 aromatic rings. The van der Waals surface area contributed by atoms with Crippen molar-refractivity contribution >= 4 is 29.2 Å². The van der Waals surface area contributed by atoms with Crippen molar-refractivity contribution < 1.29 is 14.4 Å². The van der Waals surface area contributed by atoms with Gasteiger partial charge < -0.3 is 20.9 Å². The van der Waals surface area contributed by atoms with Crippen molar-refractivity contribution in [2.75, 3.05) is 36.4 Å². The number of nitrogens with one attached hydrogen (secondary N) is 3. The second kappa shape index (κ2) is 11.9. The van der Waals surface area contributed by atoms with Crippen LogP contribution in [0.15, 0.2) is 67.0 Å². The van der Waals surface area contributed by atoms with Crippen molar-refractivity contribution in [2.24, 2.45) is 5.92 Å². The summed E-state index contributed by atoms with van der Waals surface area (Å²) in [6, 6.07) is 18.6. The lowest BCUT2D eigenvalue weighted by Gasteiger charge is -2.32. The standard InChI is InChI=1S/C27H30N6O3/c1-19(34)32-23-9-7-21(8-10-23)26(35)28-13-14-29-27(36)22-11-15-33(16-12-22)25-17-24(30-18-31-25)20-5-3-2-4-6-20/h2-10,17-18,22H,11-16H2,1H3,(H,28,35)(H,29,36)(H,32,34). The fraction of sp³-hybridized carbons (Fsp3) is 0.296. The van der Waals surface area contributed by atoms with Gasteiger partial charge in [-0.15, -0.1) is 0 Å². The molecule has 0 spiro atoms. The molecule has 3 N–H and O–H groups in total. The monoisotopic (exact) mass is 486 g/mol. The fourth-order valence-corrected chi connectivity index (χ4v) is 4.17. The zero-order valence-electron chi connectivity index (χ0n) is 20.2. The van der Waals surface area contributed by atoms with E-state index in [4.69, 9.17) is 0 Å². The Balaban J connectivity index is 1.18. The molecule has 4 rings (SSSR count). The Labute approximate surface area is 210 Å². The first kappa shape index (κ1) is 24.8. The molecule has 2 heterocycles. The Morgan fingerprint density at radius 2 is 1.61 bits per heavy atom. The molecule has 0 saturated carbocycles. The first-order valence-corrected chi connectivity index (χ1v) is 12.1. The summed E-state index contributed by atoms with van der Waals surface area (Å²) in [6.45, 7) is 3.61. The van der Waals surface area contributed by atoms with Gasteiger partial charge >= 0.3 is 0 Å². The molecular formula is C27H30N6O3. The zero-order valence-corrected chi connectivity index (χ0v) is 20.2. The number of benzene rings is 2. The van der Waals surface area contributed by atoms with E-state index in [-0.39, 0.29) is 23.6 Å². The lowest BCUT2D eigenvalue weighted by Crippen LogP contribution is -2.42. The normalized spacial score (nSPS) is 13.6. The molecule has 2 aromatic carbocycles. The lowest BCUT2D eigenvalue weighted by atomic mass is 9.96. The van der Waals surface area contributed by atoms with Crippen LogP contribution in [0.5, 0.6) is 0 Å². The van der Waals surface area contributed by atoms with Crippen LogP contribution in [0, 0.1) is 5.92 Å². The molecule has 0 atom stereocenters. The molecule has 1 aliphatic heterocycles. The third-order valence-corrected chi connectivity index (χ3v) is 6.09. The molecule has 1 aromatic heterocycles. The number of carbonyl (C=O) groups excluding carboxylic acids is 3. The number of piperidine rings is 1. The van der Waals surface area contributed by atoms with E-state index >= 15 is 0 Å². The van der Waals surface area contributed by atoms with Crippen molar-refractivity contribution in [3.63, 3.8) is 0 Å². The molecule has 0 unspecified atom stereocenters. The van der Waals surface area contributed by atoms with Gasteiger partial charge in [-0.2, -0.15) is 0 Å². The highest BCUT2D eigenvalue weighted by Gasteiger charge is 2.25. The van der Waals surface area contributed by atoms with Gasteiger partial charge in [0.05, 0.1) is 5.69 Å². The maximum Gasteiger partial charge on any atom is 0.251 e. The zero-order chi connectivity index (χ0) is 25.3. The van der Waals surface area contributed by atoms with Crippen molar-refractivity contribution in [3.8, 4) is 11.3 Å². The SMILES string of the molecule is CC(=O)Nc1ccc(C(=O)NCCNC(=O)C2CCN(c3cc(-c4ccccc4)ncn3)CC2)cc1. The number of hydrogen-bond donors (Lipinski definition) is 3. The van der Waals surface area contributed by atoms with Gasteiger partial charge in [-0.05, 0) is 37.1 Å². The van der Waals surface area contributed by atoms with Gasteiger partial charge in [0.1, 0.15) is 12.1 Å². The van der Waals surface area contributed by atoms with Crippen LogP contribution in [0.3, 0.4) is 0 Å². The molecule has 3 amide bonds. The summed E-state index contributed by atoms with van der Waals surface area (Å²) in [4.78, 5) is 47.0. The molecule has 1 aliphatic rings. The number of anilines is 2. The summed E-state index contributed by atoms with van der Waals surface area (Å²) in [5, 5.41) is 8.39. The van der Waals surface area contributed by atoms with Crippen LogP contribution in [0.4, 0.5) is 11.5 Å². The number of amides is 3. The van der Waals surface area contributed by atoms with Gasteiger partial charge in [-0.1, -0.05) is 30.3 Å². The third kappa shape index (κ3) is 6.65. The first-order chi connectivity index (χ1) is 17.5. The Morgan fingerprint density at radius 3 is 2.31 bits per heavy atom. The number of aromatic nitrogens is 2. The van der Waals surface area contributed by atoms with E-state index in [0.717, 1.165) is 43.0 Å². The van der Waals surface area contributed by atoms with E-state index in [9.17, 15) is 14.4 Å². The number of rotatable bonds is 8. The van der Waals surface area contributed by atoms with Crippen LogP contribution in [-0.4, -0.2) is 53.9 Å². The molecule has 0 aliphatic carbocycles. The number of carbonyl (C=O) groups is 3. The second-order valence-corrected chi connectivity index (χ2v) is 8.69. The Morgan fingerprint density at radius 1 is 0.917 bits per heavy atom. The van der Waals surface area contributed by atoms with Crippen molar-refractivity contribution in [1.29, 1.82) is 0 Å². The smallest absolute Gasteiger partial charge is 0.251 e. The Kier molecular flexibility index (Phi) is 8.23. The van der Waals surface area contributed by atoms with Crippen LogP contribution >= 0.6 is 0 Å². The Bertz CT molecular complexity index is 1190. The first-order valence-electron chi connectivity index (χ1n) is 12.1. The Hall–Kier alpha value is -4.27. The van der Waals surface area contributed by atoms with Crippen molar-refractivity contribution in [3.05, 3.63) is 72.6 Å². The fourth-order valence-electron chi connectivity index (χ4n) is 4.17. The van der Waals surface area contributed by atoms with Gasteiger partial charge in [0.25, 0.3) is 5.91 Å². The molecule has 1 fully saturated rings. The van der Waals surface area contributed by atoms with Crippen LogP contribution in [0.2, 0.25) is 0 Å². The van der Waals surface area contributed by atoms with Crippen LogP contribution in [-0.2, 0) is 9.59 Å². The summed E-state index contributed by atoms with van der Waals surface area (Å²) < 4.78 is 0. The average molecular weight is 487 g/mol. The van der Waals surface area contributed by atoms with E-state index in [2.05, 4.69) is 30.8 Å². The van der Waals surface area contributed by atoms with Gasteiger partial charge in [-0.3, -0.25) is 14.4 Å². The summed E-state index contributed by atoms with van der Waals surface area (Å²) in [5.41, 5.74) is 3.05. The van der Waals surface area contributed by atoms with Gasteiger partial charge in [0.2, 0.25) is 11.8 Å². The molecule has 0 radical (unpaired) electrons. The van der Waals surface area contributed by atoms with Gasteiger partial charge in [0, 0.05) is 61.9 Å². The highest BCUT2D eigenvalue weighted by molar-refractivity contribution is 5.95. The highest BCUT2D eigenvalue weighted by Crippen LogP contribution is 2.25. The molecule has 0 bridgehead atoms. The van der Waals surface area contributed by atoms with E-state index in [1.807, 2.05) is 36.4 Å². The molecule has 186 valence electrons.